The minimum Gasteiger partial charge on any atom is -0.609 e. The van der Waals surface area contributed by atoms with Crippen LogP contribution in [0.4, 0.5) is 10.5 Å². The number of rotatable bonds is 5. The largest absolute Gasteiger partial charge is 0.609 e. The fourth-order valence-corrected chi connectivity index (χ4v) is 3.93. The first-order chi connectivity index (χ1) is 16.6. The summed E-state index contributed by atoms with van der Waals surface area (Å²) in [5, 5.41) is 4.65. The van der Waals surface area contributed by atoms with Crippen LogP contribution in [0.25, 0.3) is 22.0 Å². The van der Waals surface area contributed by atoms with E-state index in [0.717, 1.165) is 16.3 Å². The van der Waals surface area contributed by atoms with Crippen LogP contribution in [-0.2, 0) is 15.9 Å². The molecule has 0 bridgehead atoms. The quantitative estimate of drug-likeness (QED) is 0.275. The molecule has 1 amide bonds. The van der Waals surface area contributed by atoms with Gasteiger partial charge in [0, 0.05) is 34.3 Å². The molecule has 1 N–H and O–H groups in total. The summed E-state index contributed by atoms with van der Waals surface area (Å²) in [5.41, 5.74) is 2.08. The number of nitrogens with one attached hydrogen (secondary N) is 1. The van der Waals surface area contributed by atoms with Gasteiger partial charge in [0.05, 0.1) is 16.9 Å². The molecule has 9 heteroatoms. The third-order valence-corrected chi connectivity index (χ3v) is 5.69. The number of hydrogen-bond donors (Lipinski definition) is 1. The molecule has 0 radical (unpaired) electrons. The lowest BCUT2D eigenvalue weighted by molar-refractivity contribution is 0.0636. The first-order valence-electron chi connectivity index (χ1n) is 10.9. The number of pyridine rings is 1. The molecule has 0 saturated carbocycles. The van der Waals surface area contributed by atoms with Gasteiger partial charge in [-0.2, -0.15) is 9.97 Å². The Kier molecular flexibility index (Phi) is 6.90. The highest BCUT2D eigenvalue weighted by Gasteiger charge is 2.19. The van der Waals surface area contributed by atoms with Crippen LogP contribution in [0, 0.1) is 6.92 Å². The van der Waals surface area contributed by atoms with E-state index in [-0.39, 0.29) is 5.16 Å². The van der Waals surface area contributed by atoms with E-state index in [1.807, 2.05) is 64.1 Å². The van der Waals surface area contributed by atoms with Gasteiger partial charge in [0.25, 0.3) is 0 Å². The van der Waals surface area contributed by atoms with Gasteiger partial charge in [0.15, 0.2) is 0 Å². The Morgan fingerprint density at radius 3 is 2.54 bits per heavy atom. The summed E-state index contributed by atoms with van der Waals surface area (Å²) in [6.45, 7) is 7.38. The number of carbonyl (C=O) groups is 1. The van der Waals surface area contributed by atoms with Crippen molar-refractivity contribution in [2.24, 2.45) is 0 Å². The summed E-state index contributed by atoms with van der Waals surface area (Å²) in [4.78, 5) is 25.3. The number of nitrogens with zero attached hydrogens (tertiary/aromatic N) is 3. The molecule has 0 aliphatic carbocycles. The van der Waals surface area contributed by atoms with Crippen LogP contribution in [0.15, 0.2) is 66.1 Å². The molecule has 2 aromatic carbocycles. The lowest BCUT2D eigenvalue weighted by Gasteiger charge is -2.20. The average Bonchev–Trinajstić information content (AvgIpc) is 2.80. The van der Waals surface area contributed by atoms with Crippen molar-refractivity contribution < 1.29 is 18.8 Å². The van der Waals surface area contributed by atoms with Gasteiger partial charge < -0.3 is 14.0 Å². The van der Waals surface area contributed by atoms with Crippen molar-refractivity contribution in [1.82, 2.24) is 15.0 Å². The summed E-state index contributed by atoms with van der Waals surface area (Å²) in [5.74, 6) is 0.948. The molecule has 0 aliphatic rings. The molecular formula is C26H26N4O4S. The van der Waals surface area contributed by atoms with Crippen LogP contribution in [0.5, 0.6) is 11.6 Å². The Labute approximate surface area is 206 Å². The van der Waals surface area contributed by atoms with Crippen molar-refractivity contribution in [2.75, 3.05) is 11.6 Å². The van der Waals surface area contributed by atoms with Crippen molar-refractivity contribution >= 4 is 33.7 Å². The van der Waals surface area contributed by atoms with Gasteiger partial charge in [0.2, 0.25) is 5.88 Å². The first-order valence-corrected chi connectivity index (χ1v) is 12.5. The van der Waals surface area contributed by atoms with Gasteiger partial charge in [-0.1, -0.05) is 24.3 Å². The lowest BCUT2D eigenvalue weighted by Crippen LogP contribution is -2.27. The maximum atomic E-state index is 12.4. The lowest BCUT2D eigenvalue weighted by atomic mass is 10.0. The second kappa shape index (κ2) is 9.89. The number of aromatic nitrogens is 3. The van der Waals surface area contributed by atoms with Crippen molar-refractivity contribution in [3.63, 3.8) is 0 Å². The smallest absolute Gasteiger partial charge is 0.412 e. The topological polar surface area (TPSA) is 109 Å². The molecule has 35 heavy (non-hydrogen) atoms. The minimum absolute atomic E-state index is 0.233. The Hall–Kier alpha value is -3.69. The highest BCUT2D eigenvalue weighted by molar-refractivity contribution is 7.90. The number of benzene rings is 2. The third kappa shape index (κ3) is 5.70. The highest BCUT2D eigenvalue weighted by atomic mass is 32.2. The Morgan fingerprint density at radius 1 is 1.00 bits per heavy atom. The van der Waals surface area contributed by atoms with Gasteiger partial charge in [-0.05, 0) is 57.5 Å². The number of hydrogen-bond acceptors (Lipinski definition) is 7. The maximum absolute atomic E-state index is 12.4. The van der Waals surface area contributed by atoms with Gasteiger partial charge in [-0.25, -0.2) is 9.78 Å². The summed E-state index contributed by atoms with van der Waals surface area (Å²) < 4.78 is 23.6. The first kappa shape index (κ1) is 24.4. The minimum atomic E-state index is -1.32. The molecule has 0 spiro atoms. The number of amides is 1. The van der Waals surface area contributed by atoms with Crippen LogP contribution < -0.4 is 10.1 Å². The number of aryl methyl sites for hydroxylation is 1. The van der Waals surface area contributed by atoms with Crippen LogP contribution in [-0.4, -0.2) is 37.5 Å². The monoisotopic (exact) mass is 490 g/mol. The number of ether oxygens (including phenoxy) is 2. The van der Waals surface area contributed by atoms with E-state index in [9.17, 15) is 9.35 Å². The average molecular weight is 491 g/mol. The van der Waals surface area contributed by atoms with E-state index < -0.39 is 22.9 Å². The van der Waals surface area contributed by atoms with Gasteiger partial charge >= 0.3 is 11.2 Å². The molecule has 0 fully saturated rings. The zero-order valence-corrected chi connectivity index (χ0v) is 21.0. The van der Waals surface area contributed by atoms with E-state index in [1.165, 1.54) is 6.26 Å². The Balaban J connectivity index is 1.74. The fourth-order valence-electron chi connectivity index (χ4n) is 3.49. The molecule has 180 valence electrons. The van der Waals surface area contributed by atoms with E-state index in [4.69, 9.17) is 9.47 Å². The van der Waals surface area contributed by atoms with E-state index in [2.05, 4.69) is 20.3 Å². The molecule has 1 unspecified atom stereocenters. The van der Waals surface area contributed by atoms with Gasteiger partial charge in [-0.3, -0.25) is 5.32 Å². The van der Waals surface area contributed by atoms with Crippen LogP contribution >= 0.6 is 0 Å². The molecule has 4 rings (SSSR count). The van der Waals surface area contributed by atoms with Crippen molar-refractivity contribution in [2.45, 2.75) is 38.5 Å². The van der Waals surface area contributed by atoms with Crippen molar-refractivity contribution in [3.8, 4) is 22.9 Å². The van der Waals surface area contributed by atoms with Crippen molar-refractivity contribution in [1.29, 1.82) is 0 Å². The SMILES string of the molecule is Cc1ccc2c(NC(=O)OC(C)(C)C)cccc2c1Oc1ncccc1-c1ccnc([S+](C)[O-])n1. The second-order valence-electron chi connectivity index (χ2n) is 8.88. The van der Waals surface area contributed by atoms with E-state index in [1.54, 1.807) is 24.5 Å². The van der Waals surface area contributed by atoms with Gasteiger partial charge in [0.1, 0.15) is 17.6 Å². The molecule has 0 aliphatic heterocycles. The summed E-state index contributed by atoms with van der Waals surface area (Å²) in [6, 6.07) is 14.8. The van der Waals surface area contributed by atoms with E-state index in [0.29, 0.717) is 28.6 Å². The Morgan fingerprint density at radius 2 is 1.80 bits per heavy atom. The van der Waals surface area contributed by atoms with Crippen molar-refractivity contribution in [3.05, 3.63) is 66.5 Å². The second-order valence-corrected chi connectivity index (χ2v) is 10.1. The standard InChI is InChI=1S/C26H26N4O4S/c1-16-11-12-17-18(8-6-10-20(17)30-25(31)34-26(2,3)4)22(16)33-23-19(9-7-14-27-23)21-13-15-28-24(29-21)35(5)32/h6-15H,1-5H3,(H,30,31). The maximum Gasteiger partial charge on any atom is 0.412 e. The summed E-state index contributed by atoms with van der Waals surface area (Å²) in [7, 11) is 0. The number of anilines is 1. The highest BCUT2D eigenvalue weighted by Crippen LogP contribution is 2.38. The number of carbonyl (C=O) groups excluding carboxylic acids is 1. The number of fused-ring (bicyclic) bond motifs is 1. The molecule has 8 nitrogen and oxygen atoms in total. The predicted molar refractivity (Wildman–Crippen MR) is 136 cm³/mol. The summed E-state index contributed by atoms with van der Waals surface area (Å²) >= 11 is -1.32. The molecule has 1 atom stereocenters. The zero-order chi connectivity index (χ0) is 25.2. The van der Waals surface area contributed by atoms with Crippen LogP contribution in [0.3, 0.4) is 0 Å². The van der Waals surface area contributed by atoms with E-state index >= 15 is 0 Å². The zero-order valence-electron chi connectivity index (χ0n) is 20.2. The van der Waals surface area contributed by atoms with Gasteiger partial charge in [-0.15, -0.1) is 0 Å². The fraction of sp³-hybridized carbons (Fsp3) is 0.231. The third-order valence-electron chi connectivity index (χ3n) is 4.98. The molecular weight excluding hydrogens is 464 g/mol. The predicted octanol–water partition coefficient (Wildman–Crippen LogP) is 5.88. The molecule has 4 aromatic rings. The Bertz CT molecular complexity index is 1390. The molecule has 0 saturated heterocycles. The van der Waals surface area contributed by atoms with Crippen LogP contribution in [0.2, 0.25) is 0 Å². The molecule has 2 aromatic heterocycles. The van der Waals surface area contributed by atoms with Crippen LogP contribution in [0.1, 0.15) is 26.3 Å². The normalized spacial score (nSPS) is 12.3. The molecule has 2 heterocycles. The summed E-state index contributed by atoms with van der Waals surface area (Å²) in [6.07, 6.45) is 4.19.